The van der Waals surface area contributed by atoms with Crippen molar-refractivity contribution in [3.8, 4) is 0 Å². The largest absolute Gasteiger partial charge is 0.108 e. The average Bonchev–Trinajstić information content (AvgIpc) is 3.39. The summed E-state index contributed by atoms with van der Waals surface area (Å²) in [4.78, 5) is 0. The molecule has 0 bridgehead atoms. The topological polar surface area (TPSA) is 0 Å². The predicted octanol–water partition coefficient (Wildman–Crippen LogP) is 7.36. The van der Waals surface area contributed by atoms with Gasteiger partial charge in [-0.1, -0.05) is 108 Å². The maximum atomic E-state index is 2.55. The molecule has 0 spiro atoms. The Balaban J connectivity index is 1.50. The van der Waals surface area contributed by atoms with Gasteiger partial charge in [0, 0.05) is 0 Å². The van der Waals surface area contributed by atoms with E-state index in [4.69, 9.17) is 0 Å². The molecule has 0 unspecified atom stereocenters. The van der Waals surface area contributed by atoms with E-state index in [0.29, 0.717) is 0 Å². The number of fused-ring (bicyclic) bond motifs is 6. The molecule has 0 radical (unpaired) electrons. The van der Waals surface area contributed by atoms with Gasteiger partial charge < -0.3 is 0 Å². The number of hydrogen-bond acceptors (Lipinski definition) is 0. The van der Waals surface area contributed by atoms with E-state index in [1.54, 1.807) is 10.4 Å². The first-order valence-corrected chi connectivity index (χ1v) is 13.6. The Kier molecular flexibility index (Phi) is 3.54. The Hall–Kier alpha value is -2.90. The van der Waals surface area contributed by atoms with Gasteiger partial charge in [0.05, 0.1) is 0 Å². The van der Waals surface area contributed by atoms with Crippen molar-refractivity contribution in [3.05, 3.63) is 106 Å². The summed E-state index contributed by atoms with van der Waals surface area (Å²) < 4.78 is 0. The zero-order valence-electron chi connectivity index (χ0n) is 17.0. The minimum atomic E-state index is -1.77. The molecule has 0 saturated heterocycles. The van der Waals surface area contributed by atoms with Crippen LogP contribution in [0.2, 0.25) is 13.1 Å². The van der Waals surface area contributed by atoms with Gasteiger partial charge in [0.15, 0.2) is 0 Å². The van der Waals surface area contributed by atoms with Crippen LogP contribution in [0.5, 0.6) is 0 Å². The van der Waals surface area contributed by atoms with Crippen LogP contribution < -0.4 is 0 Å². The van der Waals surface area contributed by atoms with Gasteiger partial charge >= 0.3 is 0 Å². The summed E-state index contributed by atoms with van der Waals surface area (Å²) in [5.74, 6) is 0. The fourth-order valence-electron chi connectivity index (χ4n) is 5.36. The monoisotopic (exact) mass is 388 g/mol. The molecule has 4 aromatic carbocycles. The van der Waals surface area contributed by atoms with Gasteiger partial charge in [0.25, 0.3) is 0 Å². The van der Waals surface area contributed by atoms with Crippen LogP contribution in [0.15, 0.2) is 84.1 Å². The van der Waals surface area contributed by atoms with Crippen LogP contribution in [-0.2, 0) is 12.8 Å². The van der Waals surface area contributed by atoms with E-state index in [9.17, 15) is 0 Å². The molecule has 2 aliphatic rings. The summed E-state index contributed by atoms with van der Waals surface area (Å²) in [5.41, 5.74) is 5.98. The van der Waals surface area contributed by atoms with Crippen molar-refractivity contribution in [2.45, 2.75) is 25.9 Å². The van der Waals surface area contributed by atoms with E-state index in [0.717, 1.165) is 12.8 Å². The second kappa shape index (κ2) is 6.05. The third-order valence-corrected chi connectivity index (χ3v) is 10.8. The molecule has 0 aliphatic heterocycles. The highest BCUT2D eigenvalue weighted by atomic mass is 28.3. The summed E-state index contributed by atoms with van der Waals surface area (Å²) in [7, 11) is -1.77. The van der Waals surface area contributed by atoms with Gasteiger partial charge in [-0.2, -0.15) is 0 Å². The van der Waals surface area contributed by atoms with Crippen molar-refractivity contribution in [2.24, 2.45) is 0 Å². The Labute approximate surface area is 173 Å². The fraction of sp³-hybridized carbons (Fsp3) is 0.143. The fourth-order valence-corrected chi connectivity index (χ4v) is 8.37. The Bertz CT molecular complexity index is 1370. The lowest BCUT2D eigenvalue weighted by Crippen LogP contribution is -2.31. The first-order chi connectivity index (χ1) is 14.1. The van der Waals surface area contributed by atoms with Crippen molar-refractivity contribution in [3.63, 3.8) is 0 Å². The molecule has 0 heterocycles. The lowest BCUT2D eigenvalue weighted by atomic mass is 10.0. The van der Waals surface area contributed by atoms with Gasteiger partial charge in [-0.3, -0.25) is 0 Å². The highest BCUT2D eigenvalue weighted by Crippen LogP contribution is 2.45. The van der Waals surface area contributed by atoms with Crippen molar-refractivity contribution in [1.82, 2.24) is 0 Å². The first kappa shape index (κ1) is 17.0. The van der Waals surface area contributed by atoms with E-state index >= 15 is 0 Å². The van der Waals surface area contributed by atoms with Crippen LogP contribution in [-0.4, -0.2) is 8.07 Å². The highest BCUT2D eigenvalue weighted by molar-refractivity contribution is 7.01. The average molecular weight is 389 g/mol. The van der Waals surface area contributed by atoms with E-state index in [-0.39, 0.29) is 0 Å². The highest BCUT2D eigenvalue weighted by Gasteiger charge is 2.37. The summed E-state index contributed by atoms with van der Waals surface area (Å²) in [6, 6.07) is 27.0. The molecule has 4 aromatic rings. The zero-order chi connectivity index (χ0) is 19.6. The van der Waals surface area contributed by atoms with Crippen LogP contribution in [0.1, 0.15) is 22.3 Å². The quantitative estimate of drug-likeness (QED) is 0.315. The molecule has 29 heavy (non-hydrogen) atoms. The molecule has 0 N–H and O–H groups in total. The Morgan fingerprint density at radius 1 is 0.690 bits per heavy atom. The molecule has 2 aliphatic carbocycles. The second-order valence-electron chi connectivity index (χ2n) is 8.97. The van der Waals surface area contributed by atoms with E-state index < -0.39 is 8.07 Å². The first-order valence-electron chi connectivity index (χ1n) is 10.6. The standard InChI is InChI=1S/C28H24Si/c1-29(2,23-17-22-14-12-19-7-3-5-9-24(19)26(22)18-23)27-16-15-21-13-11-20-8-4-6-10-25(20)28(21)27/h3-14,16,18H,15,17H2,1-2H3. The molecule has 140 valence electrons. The van der Waals surface area contributed by atoms with Crippen LogP contribution in [0.3, 0.4) is 0 Å². The van der Waals surface area contributed by atoms with Crippen molar-refractivity contribution in [1.29, 1.82) is 0 Å². The minimum Gasteiger partial charge on any atom is -0.0798 e. The second-order valence-corrected chi connectivity index (χ2v) is 13.4. The molecule has 0 nitrogen and oxygen atoms in total. The van der Waals surface area contributed by atoms with Crippen LogP contribution >= 0.6 is 0 Å². The lowest BCUT2D eigenvalue weighted by molar-refractivity contribution is 1.27. The predicted molar refractivity (Wildman–Crippen MR) is 129 cm³/mol. The lowest BCUT2D eigenvalue weighted by Gasteiger charge is -2.28. The van der Waals surface area contributed by atoms with Crippen molar-refractivity contribution in [2.75, 3.05) is 0 Å². The van der Waals surface area contributed by atoms with Gasteiger partial charge in [0.2, 0.25) is 0 Å². The van der Waals surface area contributed by atoms with E-state index in [1.807, 2.05) is 0 Å². The summed E-state index contributed by atoms with van der Waals surface area (Å²) in [6.45, 7) is 5.10. The van der Waals surface area contributed by atoms with Crippen molar-refractivity contribution >= 4 is 40.9 Å². The smallest absolute Gasteiger partial charge is 0.0798 e. The number of hydrogen-bond donors (Lipinski definition) is 0. The molecule has 0 amide bonds. The van der Waals surface area contributed by atoms with Crippen molar-refractivity contribution < 1.29 is 0 Å². The maximum absolute atomic E-state index is 2.55. The molecule has 1 heteroatoms. The number of allylic oxidation sites excluding steroid dienone is 2. The van der Waals surface area contributed by atoms with Crippen LogP contribution in [0, 0.1) is 0 Å². The van der Waals surface area contributed by atoms with Gasteiger partial charge in [-0.05, 0) is 56.6 Å². The molecule has 0 fully saturated rings. The number of rotatable bonds is 2. The Morgan fingerprint density at radius 2 is 1.34 bits per heavy atom. The summed E-state index contributed by atoms with van der Waals surface area (Å²) in [5, 5.41) is 8.83. The SMILES string of the molecule is C[Si](C)(C1=Cc2c(ccc3ccccc23)C1)C1=CCc2ccc3ccccc3c21. The van der Waals surface area contributed by atoms with Gasteiger partial charge in [-0.25, -0.2) is 0 Å². The van der Waals surface area contributed by atoms with Gasteiger partial charge in [0.1, 0.15) is 8.07 Å². The molecule has 0 saturated carbocycles. The van der Waals surface area contributed by atoms with E-state index in [2.05, 4.69) is 98.0 Å². The minimum absolute atomic E-state index is 1.08. The van der Waals surface area contributed by atoms with Crippen LogP contribution in [0.25, 0.3) is 32.8 Å². The third kappa shape index (κ3) is 2.44. The number of benzene rings is 4. The molecular weight excluding hydrogens is 364 g/mol. The molecular formula is C28H24Si. The molecule has 0 aromatic heterocycles. The maximum Gasteiger partial charge on any atom is 0.108 e. The van der Waals surface area contributed by atoms with E-state index in [1.165, 1.54) is 43.8 Å². The molecule has 0 atom stereocenters. The summed E-state index contributed by atoms with van der Waals surface area (Å²) >= 11 is 0. The molecule has 6 rings (SSSR count). The zero-order valence-corrected chi connectivity index (χ0v) is 18.0. The third-order valence-electron chi connectivity index (χ3n) is 7.05. The Morgan fingerprint density at radius 3 is 2.14 bits per heavy atom. The summed E-state index contributed by atoms with van der Waals surface area (Å²) in [6.07, 6.45) is 7.25. The normalized spacial score (nSPS) is 15.4. The van der Waals surface area contributed by atoms with Gasteiger partial charge in [-0.15, -0.1) is 0 Å². The van der Waals surface area contributed by atoms with Crippen LogP contribution in [0.4, 0.5) is 0 Å².